The first-order chi connectivity index (χ1) is 9.34. The molecule has 1 atom stereocenters. The maximum Gasteiger partial charge on any atom is 0.231 e. The number of ketones is 1. The van der Waals surface area contributed by atoms with Gasteiger partial charge in [-0.2, -0.15) is 0 Å². The number of carbonyl (C=O) groups excluding carboxylic acids is 2. The number of Topliss-reactive ketones (excluding diaryl/α,β-unsaturated/α-hetero) is 1. The van der Waals surface area contributed by atoms with Crippen molar-refractivity contribution in [3.8, 4) is 0 Å². The SMILES string of the molecule is CC(C)C(=O)CCCCCN1C(=N)CC(C(C)C)C1=O. The molecule has 4 nitrogen and oxygen atoms in total. The Kier molecular flexibility index (Phi) is 6.37. The molecule has 0 aliphatic carbocycles. The van der Waals surface area contributed by atoms with Crippen molar-refractivity contribution in [2.45, 2.75) is 59.8 Å². The molecular weight excluding hydrogens is 252 g/mol. The Morgan fingerprint density at radius 2 is 1.90 bits per heavy atom. The Balaban J connectivity index is 2.27. The summed E-state index contributed by atoms with van der Waals surface area (Å²) in [6.45, 7) is 8.57. The lowest BCUT2D eigenvalue weighted by atomic mass is 9.94. The number of unbranched alkanes of at least 4 members (excludes halogenated alkanes) is 2. The summed E-state index contributed by atoms with van der Waals surface area (Å²) in [7, 11) is 0. The second kappa shape index (κ2) is 7.55. The zero-order valence-electron chi connectivity index (χ0n) is 13.2. The molecular formula is C16H28N2O2. The van der Waals surface area contributed by atoms with Gasteiger partial charge in [0.05, 0.1) is 0 Å². The van der Waals surface area contributed by atoms with Crippen molar-refractivity contribution in [2.75, 3.05) is 6.54 Å². The van der Waals surface area contributed by atoms with E-state index in [4.69, 9.17) is 5.41 Å². The highest BCUT2D eigenvalue weighted by Gasteiger charge is 2.37. The van der Waals surface area contributed by atoms with E-state index >= 15 is 0 Å². The Morgan fingerprint density at radius 3 is 2.40 bits per heavy atom. The summed E-state index contributed by atoms with van der Waals surface area (Å²) < 4.78 is 0. The highest BCUT2D eigenvalue weighted by molar-refractivity contribution is 6.04. The molecule has 1 aliphatic heterocycles. The second-order valence-corrected chi connectivity index (χ2v) is 6.42. The van der Waals surface area contributed by atoms with Crippen LogP contribution in [0.15, 0.2) is 0 Å². The molecule has 20 heavy (non-hydrogen) atoms. The number of hydrogen-bond acceptors (Lipinski definition) is 3. The Labute approximate surface area is 122 Å². The third kappa shape index (κ3) is 4.43. The molecule has 0 radical (unpaired) electrons. The monoisotopic (exact) mass is 280 g/mol. The van der Waals surface area contributed by atoms with Crippen LogP contribution in [0.2, 0.25) is 0 Å². The molecule has 1 heterocycles. The quantitative estimate of drug-likeness (QED) is 0.694. The maximum atomic E-state index is 12.1. The minimum atomic E-state index is -0.00924. The third-order valence-electron chi connectivity index (χ3n) is 4.08. The van der Waals surface area contributed by atoms with Crippen LogP contribution in [0.4, 0.5) is 0 Å². The number of amides is 1. The lowest BCUT2D eigenvalue weighted by Gasteiger charge is -2.17. The molecule has 0 bridgehead atoms. The van der Waals surface area contributed by atoms with Crippen LogP contribution in [0, 0.1) is 23.2 Å². The van der Waals surface area contributed by atoms with Gasteiger partial charge in [0, 0.05) is 31.2 Å². The summed E-state index contributed by atoms with van der Waals surface area (Å²) in [5.41, 5.74) is 0. The summed E-state index contributed by atoms with van der Waals surface area (Å²) in [6.07, 6.45) is 3.94. The summed E-state index contributed by atoms with van der Waals surface area (Å²) in [4.78, 5) is 25.3. The first kappa shape index (κ1) is 16.9. The lowest BCUT2D eigenvalue weighted by molar-refractivity contribution is -0.130. The van der Waals surface area contributed by atoms with Crippen LogP contribution in [0.1, 0.15) is 59.8 Å². The van der Waals surface area contributed by atoms with Gasteiger partial charge < -0.3 is 4.90 Å². The van der Waals surface area contributed by atoms with Gasteiger partial charge >= 0.3 is 0 Å². The number of nitrogens with one attached hydrogen (secondary N) is 1. The minimum absolute atomic E-state index is 0.00924. The van der Waals surface area contributed by atoms with Gasteiger partial charge in [-0.15, -0.1) is 0 Å². The molecule has 1 fully saturated rings. The fourth-order valence-corrected chi connectivity index (χ4v) is 2.54. The van der Waals surface area contributed by atoms with Gasteiger partial charge in [0.1, 0.15) is 11.6 Å². The van der Waals surface area contributed by atoms with Crippen molar-refractivity contribution in [1.82, 2.24) is 4.90 Å². The van der Waals surface area contributed by atoms with Crippen molar-refractivity contribution in [1.29, 1.82) is 5.41 Å². The van der Waals surface area contributed by atoms with Crippen LogP contribution in [-0.2, 0) is 9.59 Å². The third-order valence-corrected chi connectivity index (χ3v) is 4.08. The molecule has 0 aromatic heterocycles. The van der Waals surface area contributed by atoms with Crippen LogP contribution in [0.3, 0.4) is 0 Å². The standard InChI is InChI=1S/C16H28N2O2/c1-11(2)13-10-15(17)18(16(13)20)9-7-5-6-8-14(19)12(3)4/h11-13,17H,5-10H2,1-4H3. The highest BCUT2D eigenvalue weighted by atomic mass is 16.2. The van der Waals surface area contributed by atoms with Gasteiger partial charge in [0.25, 0.3) is 0 Å². The van der Waals surface area contributed by atoms with Crippen molar-refractivity contribution in [3.63, 3.8) is 0 Å². The van der Waals surface area contributed by atoms with Gasteiger partial charge in [-0.25, -0.2) is 0 Å². The van der Waals surface area contributed by atoms with Gasteiger partial charge in [-0.1, -0.05) is 34.1 Å². The Morgan fingerprint density at radius 1 is 1.25 bits per heavy atom. The van der Waals surface area contributed by atoms with E-state index in [0.29, 0.717) is 36.9 Å². The summed E-state index contributed by atoms with van der Waals surface area (Å²) in [6, 6.07) is 0. The van der Waals surface area contributed by atoms with E-state index in [1.807, 2.05) is 27.7 Å². The molecule has 1 N–H and O–H groups in total. The summed E-state index contributed by atoms with van der Waals surface area (Å²) in [5, 5.41) is 7.92. The molecule has 0 spiro atoms. The lowest BCUT2D eigenvalue weighted by Crippen LogP contribution is -2.32. The number of amidine groups is 1. The fourth-order valence-electron chi connectivity index (χ4n) is 2.54. The average molecular weight is 280 g/mol. The predicted molar refractivity (Wildman–Crippen MR) is 80.7 cm³/mol. The van der Waals surface area contributed by atoms with E-state index in [9.17, 15) is 9.59 Å². The van der Waals surface area contributed by atoms with E-state index < -0.39 is 0 Å². The van der Waals surface area contributed by atoms with Crippen LogP contribution < -0.4 is 0 Å². The van der Waals surface area contributed by atoms with E-state index in [1.165, 1.54) is 0 Å². The van der Waals surface area contributed by atoms with E-state index in [-0.39, 0.29) is 17.7 Å². The van der Waals surface area contributed by atoms with Gasteiger partial charge in [-0.3, -0.25) is 15.0 Å². The highest BCUT2D eigenvalue weighted by Crippen LogP contribution is 2.26. The average Bonchev–Trinajstić information content (AvgIpc) is 2.65. The van der Waals surface area contributed by atoms with Gasteiger partial charge in [0.2, 0.25) is 5.91 Å². The zero-order chi connectivity index (χ0) is 15.3. The molecule has 1 amide bonds. The topological polar surface area (TPSA) is 61.2 Å². The molecule has 0 aromatic carbocycles. The predicted octanol–water partition coefficient (Wildman–Crippen LogP) is 3.25. The molecule has 1 saturated heterocycles. The fraction of sp³-hybridized carbons (Fsp3) is 0.812. The zero-order valence-corrected chi connectivity index (χ0v) is 13.2. The Hall–Kier alpha value is -1.19. The first-order valence-electron chi connectivity index (χ1n) is 7.76. The van der Waals surface area contributed by atoms with Gasteiger partial charge in [0.15, 0.2) is 0 Å². The van der Waals surface area contributed by atoms with E-state index in [0.717, 1.165) is 19.3 Å². The van der Waals surface area contributed by atoms with E-state index in [2.05, 4.69) is 0 Å². The summed E-state index contributed by atoms with van der Waals surface area (Å²) in [5.74, 6) is 1.31. The van der Waals surface area contributed by atoms with Crippen molar-refractivity contribution < 1.29 is 9.59 Å². The van der Waals surface area contributed by atoms with Crippen LogP contribution in [0.5, 0.6) is 0 Å². The molecule has 0 saturated carbocycles. The molecule has 4 heteroatoms. The smallest absolute Gasteiger partial charge is 0.231 e. The molecule has 1 aliphatic rings. The number of likely N-dealkylation sites (tertiary alicyclic amines) is 1. The maximum absolute atomic E-state index is 12.1. The first-order valence-corrected chi connectivity index (χ1v) is 7.76. The van der Waals surface area contributed by atoms with Crippen LogP contribution in [-0.4, -0.2) is 29.0 Å². The largest absolute Gasteiger partial charge is 0.301 e. The number of carbonyl (C=O) groups is 2. The number of nitrogens with zero attached hydrogens (tertiary/aromatic N) is 1. The normalized spacial score (nSPS) is 19.5. The van der Waals surface area contributed by atoms with Crippen LogP contribution >= 0.6 is 0 Å². The van der Waals surface area contributed by atoms with Crippen LogP contribution in [0.25, 0.3) is 0 Å². The Bertz CT molecular complexity index is 375. The van der Waals surface area contributed by atoms with E-state index in [1.54, 1.807) is 4.90 Å². The molecule has 1 rings (SSSR count). The van der Waals surface area contributed by atoms with Crippen molar-refractivity contribution in [2.24, 2.45) is 17.8 Å². The summed E-state index contributed by atoms with van der Waals surface area (Å²) >= 11 is 0. The van der Waals surface area contributed by atoms with Gasteiger partial charge in [-0.05, 0) is 18.8 Å². The molecule has 114 valence electrons. The minimum Gasteiger partial charge on any atom is -0.301 e. The van der Waals surface area contributed by atoms with Crippen molar-refractivity contribution >= 4 is 17.5 Å². The number of hydrogen-bond donors (Lipinski definition) is 1. The second-order valence-electron chi connectivity index (χ2n) is 6.42. The molecule has 0 aromatic rings. The number of rotatable bonds is 8. The van der Waals surface area contributed by atoms with Crippen molar-refractivity contribution in [3.05, 3.63) is 0 Å². The molecule has 1 unspecified atom stereocenters.